The monoisotopic (exact) mass is 346 g/mol. The van der Waals surface area contributed by atoms with Crippen molar-refractivity contribution in [3.05, 3.63) is 57.9 Å². The SMILES string of the molecule is OC1CCc2ccc(Oc3c(F)cc(C(F)(F)F)cc3Cl)cc21. The number of halogens is 5. The van der Waals surface area contributed by atoms with Gasteiger partial charge in [-0.3, -0.25) is 0 Å². The molecule has 1 aliphatic rings. The van der Waals surface area contributed by atoms with Crippen molar-refractivity contribution in [2.75, 3.05) is 0 Å². The molecule has 1 aliphatic carbocycles. The number of aryl methyl sites for hydroxylation is 1. The van der Waals surface area contributed by atoms with Gasteiger partial charge in [0.05, 0.1) is 16.7 Å². The second-order valence-electron chi connectivity index (χ2n) is 5.28. The van der Waals surface area contributed by atoms with Crippen LogP contribution in [0.5, 0.6) is 11.5 Å². The van der Waals surface area contributed by atoms with E-state index < -0.39 is 34.4 Å². The largest absolute Gasteiger partial charge is 0.453 e. The molecule has 2 aromatic carbocycles. The summed E-state index contributed by atoms with van der Waals surface area (Å²) in [5, 5.41) is 9.35. The standard InChI is InChI=1S/C16H11ClF4O2/c17-12-5-9(16(19,20)21)6-13(18)15(12)23-10-3-1-8-2-4-14(22)11(8)7-10/h1,3,5-7,14,22H,2,4H2. The molecule has 3 rings (SSSR count). The lowest BCUT2D eigenvalue weighted by Crippen LogP contribution is -2.06. The highest BCUT2D eigenvalue weighted by molar-refractivity contribution is 6.32. The highest BCUT2D eigenvalue weighted by Crippen LogP contribution is 2.40. The van der Waals surface area contributed by atoms with E-state index in [4.69, 9.17) is 16.3 Å². The number of hydrogen-bond donors (Lipinski definition) is 1. The maximum absolute atomic E-state index is 13.9. The first-order valence-electron chi connectivity index (χ1n) is 6.80. The van der Waals surface area contributed by atoms with Crippen LogP contribution in [0.2, 0.25) is 5.02 Å². The third-order valence-electron chi connectivity index (χ3n) is 3.71. The van der Waals surface area contributed by atoms with Gasteiger partial charge >= 0.3 is 6.18 Å². The van der Waals surface area contributed by atoms with Crippen molar-refractivity contribution in [1.82, 2.24) is 0 Å². The zero-order valence-electron chi connectivity index (χ0n) is 11.6. The highest BCUT2D eigenvalue weighted by atomic mass is 35.5. The Labute approximate surface area is 134 Å². The van der Waals surface area contributed by atoms with Crippen LogP contribution in [-0.4, -0.2) is 5.11 Å². The predicted molar refractivity (Wildman–Crippen MR) is 76.2 cm³/mol. The Hall–Kier alpha value is -1.79. The van der Waals surface area contributed by atoms with Crippen molar-refractivity contribution in [2.45, 2.75) is 25.1 Å². The van der Waals surface area contributed by atoms with Gasteiger partial charge < -0.3 is 9.84 Å². The molecule has 23 heavy (non-hydrogen) atoms. The minimum atomic E-state index is -4.69. The Morgan fingerprint density at radius 2 is 1.91 bits per heavy atom. The van der Waals surface area contributed by atoms with Gasteiger partial charge in [-0.1, -0.05) is 17.7 Å². The molecule has 2 aromatic rings. The number of alkyl halides is 3. The normalized spacial score (nSPS) is 17.2. The summed E-state index contributed by atoms with van der Waals surface area (Å²) in [4.78, 5) is 0. The molecular weight excluding hydrogens is 336 g/mol. The lowest BCUT2D eigenvalue weighted by Gasteiger charge is -2.13. The molecule has 1 unspecified atom stereocenters. The minimum absolute atomic E-state index is 0.199. The Bertz CT molecular complexity index is 735. The van der Waals surface area contributed by atoms with Crippen LogP contribution < -0.4 is 4.74 Å². The molecule has 0 aromatic heterocycles. The molecule has 1 N–H and O–H groups in total. The lowest BCUT2D eigenvalue weighted by atomic mass is 10.1. The molecule has 0 radical (unpaired) electrons. The van der Waals surface area contributed by atoms with Crippen molar-refractivity contribution in [3.63, 3.8) is 0 Å². The van der Waals surface area contributed by atoms with Gasteiger partial charge in [0.25, 0.3) is 0 Å². The predicted octanol–water partition coefficient (Wildman–Crippen LogP) is 5.27. The summed E-state index contributed by atoms with van der Waals surface area (Å²) in [5.41, 5.74) is 0.450. The Balaban J connectivity index is 1.93. The fourth-order valence-electron chi connectivity index (χ4n) is 2.56. The van der Waals surface area contributed by atoms with E-state index in [1.165, 1.54) is 0 Å². The van der Waals surface area contributed by atoms with Crippen LogP contribution in [0.15, 0.2) is 30.3 Å². The van der Waals surface area contributed by atoms with Gasteiger partial charge in [0.2, 0.25) is 0 Å². The second kappa shape index (κ2) is 5.69. The molecule has 2 nitrogen and oxygen atoms in total. The summed E-state index contributed by atoms with van der Waals surface area (Å²) >= 11 is 5.72. The number of fused-ring (bicyclic) bond motifs is 1. The minimum Gasteiger partial charge on any atom is -0.453 e. The maximum atomic E-state index is 13.9. The molecule has 0 bridgehead atoms. The average molecular weight is 347 g/mol. The molecule has 1 atom stereocenters. The van der Waals surface area contributed by atoms with Gasteiger partial charge in [-0.05, 0) is 48.2 Å². The first-order valence-corrected chi connectivity index (χ1v) is 7.18. The number of aliphatic hydroxyl groups is 1. The summed E-state index contributed by atoms with van der Waals surface area (Å²) in [6.45, 7) is 0. The zero-order chi connectivity index (χ0) is 16.8. The van der Waals surface area contributed by atoms with Gasteiger partial charge in [0, 0.05) is 0 Å². The van der Waals surface area contributed by atoms with E-state index in [0.29, 0.717) is 24.1 Å². The van der Waals surface area contributed by atoms with Crippen LogP contribution in [0.1, 0.15) is 29.2 Å². The molecule has 0 saturated heterocycles. The van der Waals surface area contributed by atoms with E-state index in [1.807, 2.05) is 0 Å². The van der Waals surface area contributed by atoms with Crippen molar-refractivity contribution in [3.8, 4) is 11.5 Å². The van der Waals surface area contributed by atoms with Crippen molar-refractivity contribution in [2.24, 2.45) is 0 Å². The fourth-order valence-corrected chi connectivity index (χ4v) is 2.81. The highest BCUT2D eigenvalue weighted by Gasteiger charge is 2.32. The third kappa shape index (κ3) is 3.14. The van der Waals surface area contributed by atoms with Gasteiger partial charge in [0.15, 0.2) is 11.6 Å². The van der Waals surface area contributed by atoms with Gasteiger partial charge in [0.1, 0.15) is 5.75 Å². The number of benzene rings is 2. The summed E-state index contributed by atoms with van der Waals surface area (Å²) in [6.07, 6.45) is -4.00. The first kappa shape index (κ1) is 16.1. The third-order valence-corrected chi connectivity index (χ3v) is 3.99. The summed E-state index contributed by atoms with van der Waals surface area (Å²) in [7, 11) is 0. The van der Waals surface area contributed by atoms with Crippen molar-refractivity contribution in [1.29, 1.82) is 0 Å². The molecule has 0 aliphatic heterocycles. The molecule has 7 heteroatoms. The van der Waals surface area contributed by atoms with E-state index in [0.717, 1.165) is 12.0 Å². The van der Waals surface area contributed by atoms with E-state index in [1.54, 1.807) is 18.2 Å². The van der Waals surface area contributed by atoms with Gasteiger partial charge in [-0.15, -0.1) is 0 Å². The van der Waals surface area contributed by atoms with Crippen LogP contribution in [0.4, 0.5) is 17.6 Å². The maximum Gasteiger partial charge on any atom is 0.416 e. The van der Waals surface area contributed by atoms with Crippen molar-refractivity contribution >= 4 is 11.6 Å². The molecular formula is C16H11ClF4O2. The quantitative estimate of drug-likeness (QED) is 0.751. The molecule has 0 spiro atoms. The fraction of sp³-hybridized carbons (Fsp3) is 0.250. The number of ether oxygens (including phenoxy) is 1. The Morgan fingerprint density at radius 1 is 1.17 bits per heavy atom. The van der Waals surface area contributed by atoms with E-state index in [2.05, 4.69) is 0 Å². The summed E-state index contributed by atoms with van der Waals surface area (Å²) in [5.74, 6) is -1.48. The average Bonchev–Trinajstić information content (AvgIpc) is 2.83. The van der Waals surface area contributed by atoms with Crippen LogP contribution in [0, 0.1) is 5.82 Å². The second-order valence-corrected chi connectivity index (χ2v) is 5.69. The smallest absolute Gasteiger partial charge is 0.416 e. The van der Waals surface area contributed by atoms with Crippen LogP contribution >= 0.6 is 11.6 Å². The Kier molecular flexibility index (Phi) is 3.98. The van der Waals surface area contributed by atoms with Gasteiger partial charge in [-0.2, -0.15) is 13.2 Å². The van der Waals surface area contributed by atoms with Gasteiger partial charge in [-0.25, -0.2) is 4.39 Å². The van der Waals surface area contributed by atoms with Crippen molar-refractivity contribution < 1.29 is 27.4 Å². The lowest BCUT2D eigenvalue weighted by molar-refractivity contribution is -0.137. The molecule has 0 heterocycles. The number of rotatable bonds is 2. The van der Waals surface area contributed by atoms with Crippen LogP contribution in [0.25, 0.3) is 0 Å². The first-order chi connectivity index (χ1) is 10.8. The molecule has 0 fully saturated rings. The molecule has 122 valence electrons. The topological polar surface area (TPSA) is 29.5 Å². The summed E-state index contributed by atoms with van der Waals surface area (Å²) in [6, 6.07) is 5.78. The van der Waals surface area contributed by atoms with Crippen LogP contribution in [-0.2, 0) is 12.6 Å². The zero-order valence-corrected chi connectivity index (χ0v) is 12.4. The molecule has 0 saturated carbocycles. The summed E-state index contributed by atoms with van der Waals surface area (Å²) < 4.78 is 57.0. The molecule has 0 amide bonds. The van der Waals surface area contributed by atoms with Crippen LogP contribution in [0.3, 0.4) is 0 Å². The van der Waals surface area contributed by atoms with E-state index >= 15 is 0 Å². The Morgan fingerprint density at radius 3 is 2.57 bits per heavy atom. The van der Waals surface area contributed by atoms with E-state index in [-0.39, 0.29) is 5.75 Å². The van der Waals surface area contributed by atoms with E-state index in [9.17, 15) is 22.7 Å². The number of aliphatic hydroxyl groups excluding tert-OH is 1. The number of hydrogen-bond acceptors (Lipinski definition) is 2.